The van der Waals surface area contributed by atoms with Crippen molar-refractivity contribution < 1.29 is 19.1 Å². The Balaban J connectivity index is 0.000000292. The van der Waals surface area contributed by atoms with Crippen LogP contribution < -0.4 is 15.4 Å². The van der Waals surface area contributed by atoms with E-state index in [1.165, 1.54) is 0 Å². The summed E-state index contributed by atoms with van der Waals surface area (Å²) >= 11 is 12.3. The molecule has 28 heavy (non-hydrogen) atoms. The van der Waals surface area contributed by atoms with Gasteiger partial charge in [0, 0.05) is 30.1 Å². The SMILES string of the molecule is CC1NC(=O)NC1=O.CCC(=O)N1CCC(c2cc(Cl)cc(Cl)c2OC)CC1. The van der Waals surface area contributed by atoms with E-state index in [1.807, 2.05) is 17.9 Å². The van der Waals surface area contributed by atoms with Gasteiger partial charge in [0.1, 0.15) is 11.8 Å². The summed E-state index contributed by atoms with van der Waals surface area (Å²) in [6.07, 6.45) is 2.40. The van der Waals surface area contributed by atoms with Crippen LogP contribution in [-0.4, -0.2) is 49.0 Å². The van der Waals surface area contributed by atoms with E-state index >= 15 is 0 Å². The van der Waals surface area contributed by atoms with Crippen molar-refractivity contribution in [2.75, 3.05) is 20.2 Å². The van der Waals surface area contributed by atoms with Gasteiger partial charge in [-0.2, -0.15) is 0 Å². The molecule has 9 heteroatoms. The fraction of sp³-hybridized carbons (Fsp3) is 0.526. The van der Waals surface area contributed by atoms with Gasteiger partial charge in [-0.3, -0.25) is 14.9 Å². The van der Waals surface area contributed by atoms with E-state index < -0.39 is 6.03 Å². The zero-order chi connectivity index (χ0) is 20.8. The molecular weight excluding hydrogens is 405 g/mol. The molecule has 7 nitrogen and oxygen atoms in total. The van der Waals surface area contributed by atoms with Crippen LogP contribution in [-0.2, 0) is 9.59 Å². The average molecular weight is 430 g/mol. The molecule has 0 spiro atoms. The van der Waals surface area contributed by atoms with E-state index in [9.17, 15) is 14.4 Å². The fourth-order valence-electron chi connectivity index (χ4n) is 3.28. The van der Waals surface area contributed by atoms with E-state index in [-0.39, 0.29) is 17.9 Å². The summed E-state index contributed by atoms with van der Waals surface area (Å²) in [5.41, 5.74) is 1.05. The normalized spacial score (nSPS) is 19.5. The zero-order valence-corrected chi connectivity index (χ0v) is 17.7. The number of piperidine rings is 1. The van der Waals surface area contributed by atoms with Gasteiger partial charge in [0.2, 0.25) is 11.8 Å². The Morgan fingerprint density at radius 3 is 2.32 bits per heavy atom. The predicted molar refractivity (Wildman–Crippen MR) is 108 cm³/mol. The van der Waals surface area contributed by atoms with Crippen LogP contribution in [0.5, 0.6) is 5.75 Å². The van der Waals surface area contributed by atoms with Crippen LogP contribution in [0.25, 0.3) is 0 Å². The molecule has 1 aromatic rings. The number of nitrogens with one attached hydrogen (secondary N) is 2. The Bertz CT molecular complexity index is 749. The number of amides is 4. The van der Waals surface area contributed by atoms with Crippen LogP contribution in [0.2, 0.25) is 10.0 Å². The summed E-state index contributed by atoms with van der Waals surface area (Å²) < 4.78 is 5.41. The lowest BCUT2D eigenvalue weighted by Crippen LogP contribution is -2.37. The number of halogens is 2. The van der Waals surface area contributed by atoms with Gasteiger partial charge in [0.05, 0.1) is 12.1 Å². The molecule has 2 aliphatic heterocycles. The summed E-state index contributed by atoms with van der Waals surface area (Å²) in [5.74, 6) is 1.01. The van der Waals surface area contributed by atoms with Gasteiger partial charge in [-0.15, -0.1) is 0 Å². The van der Waals surface area contributed by atoms with Gasteiger partial charge >= 0.3 is 6.03 Å². The van der Waals surface area contributed by atoms with Crippen molar-refractivity contribution >= 4 is 41.0 Å². The molecule has 154 valence electrons. The first-order chi connectivity index (χ1) is 13.3. The third-order valence-electron chi connectivity index (χ3n) is 4.81. The molecule has 2 heterocycles. The lowest BCUT2D eigenvalue weighted by atomic mass is 9.88. The minimum Gasteiger partial charge on any atom is -0.495 e. The maximum absolute atomic E-state index is 11.7. The van der Waals surface area contributed by atoms with Gasteiger partial charge in [-0.05, 0) is 37.8 Å². The number of methoxy groups -OCH3 is 1. The first kappa shape index (κ1) is 22.3. The second-order valence-electron chi connectivity index (χ2n) is 6.70. The second kappa shape index (κ2) is 9.98. The highest BCUT2D eigenvalue weighted by molar-refractivity contribution is 6.35. The van der Waals surface area contributed by atoms with Crippen LogP contribution in [0, 0.1) is 0 Å². The molecule has 1 atom stereocenters. The smallest absolute Gasteiger partial charge is 0.322 e. The van der Waals surface area contributed by atoms with Gasteiger partial charge in [-0.25, -0.2) is 4.79 Å². The number of benzene rings is 1. The molecule has 2 fully saturated rings. The summed E-state index contributed by atoms with van der Waals surface area (Å²) in [6, 6.07) is 2.86. The molecule has 0 aromatic heterocycles. The molecule has 3 rings (SSSR count). The Kier molecular flexibility index (Phi) is 7.95. The highest BCUT2D eigenvalue weighted by Gasteiger charge is 2.26. The van der Waals surface area contributed by atoms with Gasteiger partial charge in [0.15, 0.2) is 0 Å². The van der Waals surface area contributed by atoms with Crippen LogP contribution in [0.1, 0.15) is 44.6 Å². The van der Waals surface area contributed by atoms with Crippen LogP contribution in [0.15, 0.2) is 12.1 Å². The maximum atomic E-state index is 11.7. The number of hydrogen-bond donors (Lipinski definition) is 2. The van der Waals surface area contributed by atoms with Crippen molar-refractivity contribution in [2.24, 2.45) is 0 Å². The topological polar surface area (TPSA) is 87.7 Å². The van der Waals surface area contributed by atoms with E-state index in [0.29, 0.717) is 28.1 Å². The molecule has 0 radical (unpaired) electrons. The molecule has 1 unspecified atom stereocenters. The van der Waals surface area contributed by atoms with Crippen molar-refractivity contribution in [2.45, 2.75) is 45.1 Å². The molecule has 4 amide bonds. The minimum absolute atomic E-state index is 0.222. The van der Waals surface area contributed by atoms with Crippen molar-refractivity contribution in [3.8, 4) is 5.75 Å². The Morgan fingerprint density at radius 2 is 1.89 bits per heavy atom. The quantitative estimate of drug-likeness (QED) is 0.721. The highest BCUT2D eigenvalue weighted by Crippen LogP contribution is 2.40. The maximum Gasteiger partial charge on any atom is 0.322 e. The Morgan fingerprint density at radius 1 is 1.25 bits per heavy atom. The number of imide groups is 1. The summed E-state index contributed by atoms with van der Waals surface area (Å²) in [5, 5.41) is 5.61. The first-order valence-corrected chi connectivity index (χ1v) is 9.94. The Hall–Kier alpha value is -1.99. The highest BCUT2D eigenvalue weighted by atomic mass is 35.5. The number of likely N-dealkylation sites (tertiary alicyclic amines) is 1. The summed E-state index contributed by atoms with van der Waals surface area (Å²) in [4.78, 5) is 34.2. The van der Waals surface area contributed by atoms with Crippen LogP contribution in [0.4, 0.5) is 4.79 Å². The average Bonchev–Trinajstić information content (AvgIpc) is 2.96. The number of hydrogen-bond acceptors (Lipinski definition) is 4. The van der Waals surface area contributed by atoms with Gasteiger partial charge in [-0.1, -0.05) is 30.1 Å². The van der Waals surface area contributed by atoms with Crippen molar-refractivity contribution in [3.63, 3.8) is 0 Å². The number of nitrogens with zero attached hydrogens (tertiary/aromatic N) is 1. The number of carbonyl (C=O) groups is 3. The standard InChI is InChI=1S/C15H19Cl2NO2.C4H6N2O2/c1-3-14(19)18-6-4-10(5-7-18)12-8-11(16)9-13(17)15(12)20-2;1-2-3(7)6-4(8)5-2/h8-10H,3-7H2,1-2H3;2H,1H3,(H2,5,6,7,8). The Labute approximate surface area is 174 Å². The molecule has 0 aliphatic carbocycles. The summed E-state index contributed by atoms with van der Waals surface area (Å²) in [7, 11) is 1.62. The first-order valence-electron chi connectivity index (χ1n) is 9.18. The van der Waals surface area contributed by atoms with Gasteiger partial charge in [0.25, 0.3) is 0 Å². The second-order valence-corrected chi connectivity index (χ2v) is 7.55. The van der Waals surface area contributed by atoms with E-state index in [2.05, 4.69) is 10.6 Å². The fourth-order valence-corrected chi connectivity index (χ4v) is 3.87. The zero-order valence-electron chi connectivity index (χ0n) is 16.2. The van der Waals surface area contributed by atoms with Crippen molar-refractivity contribution in [1.29, 1.82) is 0 Å². The third-order valence-corrected chi connectivity index (χ3v) is 5.31. The minimum atomic E-state index is -0.400. The molecule has 0 saturated carbocycles. The molecule has 1 aromatic carbocycles. The summed E-state index contributed by atoms with van der Waals surface area (Å²) in [6.45, 7) is 5.09. The number of ether oxygens (including phenoxy) is 1. The molecule has 2 saturated heterocycles. The number of rotatable bonds is 3. The predicted octanol–water partition coefficient (Wildman–Crippen LogP) is 3.33. The van der Waals surface area contributed by atoms with E-state index in [1.54, 1.807) is 20.1 Å². The lowest BCUT2D eigenvalue weighted by molar-refractivity contribution is -0.131. The third kappa shape index (κ3) is 5.52. The largest absolute Gasteiger partial charge is 0.495 e. The molecule has 0 bridgehead atoms. The van der Waals surface area contributed by atoms with Crippen molar-refractivity contribution in [1.82, 2.24) is 15.5 Å². The molecule has 2 N–H and O–H groups in total. The van der Waals surface area contributed by atoms with E-state index in [0.717, 1.165) is 31.5 Å². The molecular formula is C19H25Cl2N3O4. The van der Waals surface area contributed by atoms with Crippen LogP contribution in [0.3, 0.4) is 0 Å². The van der Waals surface area contributed by atoms with Gasteiger partial charge < -0.3 is 15.0 Å². The van der Waals surface area contributed by atoms with E-state index in [4.69, 9.17) is 27.9 Å². The lowest BCUT2D eigenvalue weighted by Gasteiger charge is -2.32. The molecule has 2 aliphatic rings. The van der Waals surface area contributed by atoms with Crippen molar-refractivity contribution in [3.05, 3.63) is 27.7 Å². The van der Waals surface area contributed by atoms with Crippen LogP contribution >= 0.6 is 23.2 Å². The number of urea groups is 1. The number of carbonyl (C=O) groups excluding carboxylic acids is 3. The monoisotopic (exact) mass is 429 g/mol.